The van der Waals surface area contributed by atoms with E-state index in [-0.39, 0.29) is 24.3 Å². The van der Waals surface area contributed by atoms with Gasteiger partial charge in [-0.1, -0.05) is 12.1 Å². The van der Waals surface area contributed by atoms with Crippen LogP contribution < -0.4 is 5.32 Å². The quantitative estimate of drug-likeness (QED) is 0.846. The lowest BCUT2D eigenvalue weighted by molar-refractivity contribution is -0.126. The number of aliphatic hydroxyl groups is 1. The maximum absolute atomic E-state index is 12.3. The molecule has 1 saturated carbocycles. The first-order valence-electron chi connectivity index (χ1n) is 7.82. The second-order valence-electron chi connectivity index (χ2n) is 6.34. The Morgan fingerprint density at radius 1 is 1.41 bits per heavy atom. The van der Waals surface area contributed by atoms with Crippen LogP contribution in [0.5, 0.6) is 0 Å². The number of benzene rings is 1. The molecule has 5 nitrogen and oxygen atoms in total. The molecule has 0 spiro atoms. The maximum Gasteiger partial charge on any atom is 0.225 e. The molecule has 2 fully saturated rings. The highest BCUT2D eigenvalue weighted by atomic mass is 16.3. The summed E-state index contributed by atoms with van der Waals surface area (Å²) in [7, 11) is 0. The van der Waals surface area contributed by atoms with Gasteiger partial charge >= 0.3 is 0 Å². The Balaban J connectivity index is 1.63. The third-order valence-corrected chi connectivity index (χ3v) is 4.47. The van der Waals surface area contributed by atoms with Gasteiger partial charge in [-0.25, -0.2) is 0 Å². The summed E-state index contributed by atoms with van der Waals surface area (Å²) in [5.41, 5.74) is 1.72. The van der Waals surface area contributed by atoms with Gasteiger partial charge in [0.1, 0.15) is 0 Å². The molecule has 116 valence electrons. The van der Waals surface area contributed by atoms with Crippen LogP contribution in [0.25, 0.3) is 0 Å². The van der Waals surface area contributed by atoms with E-state index in [4.69, 9.17) is 5.26 Å². The number of aliphatic hydroxyl groups excluding tert-OH is 1. The number of hydrogen-bond acceptors (Lipinski definition) is 4. The van der Waals surface area contributed by atoms with Crippen molar-refractivity contribution in [1.29, 1.82) is 5.26 Å². The zero-order valence-corrected chi connectivity index (χ0v) is 12.5. The lowest BCUT2D eigenvalue weighted by Crippen LogP contribution is -2.37. The van der Waals surface area contributed by atoms with Crippen LogP contribution in [-0.4, -0.2) is 41.7 Å². The van der Waals surface area contributed by atoms with Crippen LogP contribution in [-0.2, 0) is 11.3 Å². The summed E-state index contributed by atoms with van der Waals surface area (Å²) < 4.78 is 0. The van der Waals surface area contributed by atoms with Crippen LogP contribution in [0.15, 0.2) is 24.3 Å². The van der Waals surface area contributed by atoms with E-state index < -0.39 is 0 Å². The van der Waals surface area contributed by atoms with Crippen molar-refractivity contribution >= 4 is 5.91 Å². The number of hydrogen-bond donors (Lipinski definition) is 2. The van der Waals surface area contributed by atoms with Crippen LogP contribution >= 0.6 is 0 Å². The minimum atomic E-state index is -0.134. The number of nitrogens with one attached hydrogen (secondary N) is 1. The minimum absolute atomic E-state index is 0.00194. The largest absolute Gasteiger partial charge is 0.396 e. The molecule has 3 rings (SSSR count). The SMILES string of the molecule is N#Cc1cccc(CN2C[C@@H](CO)[C@H](C(=O)NC3CC3)C2)c1. The van der Waals surface area contributed by atoms with Gasteiger partial charge in [0, 0.05) is 38.2 Å². The molecule has 2 aliphatic rings. The van der Waals surface area contributed by atoms with Crippen molar-refractivity contribution in [2.45, 2.75) is 25.4 Å². The third kappa shape index (κ3) is 3.46. The molecule has 0 unspecified atom stereocenters. The molecule has 2 N–H and O–H groups in total. The smallest absolute Gasteiger partial charge is 0.225 e. The zero-order valence-electron chi connectivity index (χ0n) is 12.5. The molecule has 1 amide bonds. The predicted molar refractivity (Wildman–Crippen MR) is 81.7 cm³/mol. The Hall–Kier alpha value is -1.90. The molecule has 1 aliphatic heterocycles. The van der Waals surface area contributed by atoms with Crippen LogP contribution in [0.4, 0.5) is 0 Å². The Kier molecular flexibility index (Phi) is 4.41. The zero-order chi connectivity index (χ0) is 15.5. The molecule has 1 aliphatic carbocycles. The van der Waals surface area contributed by atoms with E-state index in [1.165, 1.54) is 0 Å². The molecular formula is C17H21N3O2. The highest BCUT2D eigenvalue weighted by Gasteiger charge is 2.38. The van der Waals surface area contributed by atoms with Gasteiger partial charge < -0.3 is 10.4 Å². The van der Waals surface area contributed by atoms with E-state index in [1.54, 1.807) is 6.07 Å². The van der Waals surface area contributed by atoms with Crippen molar-refractivity contribution in [2.75, 3.05) is 19.7 Å². The number of carbonyl (C=O) groups is 1. The van der Waals surface area contributed by atoms with Crippen LogP contribution in [0.2, 0.25) is 0 Å². The van der Waals surface area contributed by atoms with Gasteiger partial charge in [-0.15, -0.1) is 0 Å². The average Bonchev–Trinajstić information content (AvgIpc) is 3.25. The number of carbonyl (C=O) groups excluding carboxylic acids is 1. The van der Waals surface area contributed by atoms with Crippen LogP contribution in [0, 0.1) is 23.2 Å². The van der Waals surface area contributed by atoms with Crippen molar-refractivity contribution < 1.29 is 9.90 Å². The molecule has 1 aromatic carbocycles. The Morgan fingerprint density at radius 3 is 2.91 bits per heavy atom. The molecular weight excluding hydrogens is 278 g/mol. The second-order valence-corrected chi connectivity index (χ2v) is 6.34. The molecule has 0 radical (unpaired) electrons. The standard InChI is InChI=1S/C17H21N3O2/c18-7-12-2-1-3-13(6-12)8-20-9-14(11-21)16(10-20)17(22)19-15-4-5-15/h1-3,6,14-16,21H,4-5,8-11H2,(H,19,22)/t14-,16+/m0/s1. The van der Waals surface area contributed by atoms with Crippen molar-refractivity contribution in [1.82, 2.24) is 10.2 Å². The molecule has 0 aromatic heterocycles. The van der Waals surface area contributed by atoms with Gasteiger partial charge in [0.25, 0.3) is 0 Å². The average molecular weight is 299 g/mol. The number of rotatable bonds is 5. The molecule has 2 atom stereocenters. The van der Waals surface area contributed by atoms with Gasteiger partial charge in [0.05, 0.1) is 17.6 Å². The minimum Gasteiger partial charge on any atom is -0.396 e. The van der Waals surface area contributed by atoms with Crippen molar-refractivity contribution in [3.63, 3.8) is 0 Å². The summed E-state index contributed by atoms with van der Waals surface area (Å²) in [6.45, 7) is 2.13. The van der Waals surface area contributed by atoms with Gasteiger partial charge in [0.15, 0.2) is 0 Å². The summed E-state index contributed by atoms with van der Waals surface area (Å²) in [6.07, 6.45) is 2.15. The lowest BCUT2D eigenvalue weighted by atomic mass is 9.96. The Morgan fingerprint density at radius 2 is 2.23 bits per heavy atom. The van der Waals surface area contributed by atoms with E-state index in [0.717, 1.165) is 24.9 Å². The van der Waals surface area contributed by atoms with Gasteiger partial charge in [-0.05, 0) is 30.5 Å². The lowest BCUT2D eigenvalue weighted by Gasteiger charge is -2.16. The van der Waals surface area contributed by atoms with Crippen molar-refractivity contribution in [3.8, 4) is 6.07 Å². The summed E-state index contributed by atoms with van der Waals surface area (Å²) >= 11 is 0. The number of nitriles is 1. The van der Waals surface area contributed by atoms with Gasteiger partial charge in [-0.3, -0.25) is 9.69 Å². The van der Waals surface area contributed by atoms with Gasteiger partial charge in [0.2, 0.25) is 5.91 Å². The molecule has 1 saturated heterocycles. The maximum atomic E-state index is 12.3. The second kappa shape index (κ2) is 6.47. The van der Waals surface area contributed by atoms with Crippen molar-refractivity contribution in [2.24, 2.45) is 11.8 Å². The number of likely N-dealkylation sites (tertiary alicyclic amines) is 1. The van der Waals surface area contributed by atoms with Crippen LogP contribution in [0.1, 0.15) is 24.0 Å². The van der Waals surface area contributed by atoms with Crippen LogP contribution in [0.3, 0.4) is 0 Å². The highest BCUT2D eigenvalue weighted by molar-refractivity contribution is 5.80. The molecule has 0 bridgehead atoms. The summed E-state index contributed by atoms with van der Waals surface area (Å²) in [5.74, 6) is -0.0579. The van der Waals surface area contributed by atoms with E-state index in [1.807, 2.05) is 18.2 Å². The van der Waals surface area contributed by atoms with Gasteiger partial charge in [-0.2, -0.15) is 5.26 Å². The van der Waals surface area contributed by atoms with Crippen molar-refractivity contribution in [3.05, 3.63) is 35.4 Å². The monoisotopic (exact) mass is 299 g/mol. The van der Waals surface area contributed by atoms with E-state index in [9.17, 15) is 9.90 Å². The Labute approximate surface area is 130 Å². The fourth-order valence-electron chi connectivity index (χ4n) is 3.11. The van der Waals surface area contributed by atoms with E-state index >= 15 is 0 Å². The summed E-state index contributed by atoms with van der Waals surface area (Å²) in [6, 6.07) is 10.0. The predicted octanol–water partition coefficient (Wildman–Crippen LogP) is 0.877. The fourth-order valence-corrected chi connectivity index (χ4v) is 3.11. The topological polar surface area (TPSA) is 76.4 Å². The highest BCUT2D eigenvalue weighted by Crippen LogP contribution is 2.27. The van der Waals surface area contributed by atoms with E-state index in [0.29, 0.717) is 24.7 Å². The number of nitrogens with zero attached hydrogens (tertiary/aromatic N) is 2. The summed E-state index contributed by atoms with van der Waals surface area (Å²) in [5, 5.41) is 21.6. The first-order valence-corrected chi connectivity index (χ1v) is 7.82. The Bertz CT molecular complexity index is 592. The first kappa shape index (κ1) is 15.0. The van der Waals surface area contributed by atoms with E-state index in [2.05, 4.69) is 16.3 Å². The summed E-state index contributed by atoms with van der Waals surface area (Å²) in [4.78, 5) is 14.5. The fraction of sp³-hybridized carbons (Fsp3) is 0.529. The molecule has 22 heavy (non-hydrogen) atoms. The molecule has 1 aromatic rings. The molecule has 5 heteroatoms. The number of amides is 1. The molecule has 1 heterocycles. The third-order valence-electron chi connectivity index (χ3n) is 4.47. The normalized spacial score (nSPS) is 24.9. The first-order chi connectivity index (χ1) is 10.7.